The Hall–Kier alpha value is -2.51. The van der Waals surface area contributed by atoms with Gasteiger partial charge >= 0.3 is 6.18 Å². The van der Waals surface area contributed by atoms with Gasteiger partial charge in [0.2, 0.25) is 5.95 Å². The van der Waals surface area contributed by atoms with Gasteiger partial charge in [-0.2, -0.15) is 13.2 Å². The van der Waals surface area contributed by atoms with E-state index in [0.717, 1.165) is 6.07 Å². The molecule has 0 spiro atoms. The van der Waals surface area contributed by atoms with Crippen LogP contribution in [0.5, 0.6) is 0 Å². The fraction of sp³-hybridized carbons (Fsp3) is 0.0909. The van der Waals surface area contributed by atoms with Crippen molar-refractivity contribution in [1.82, 2.24) is 9.97 Å². The minimum absolute atomic E-state index is 0.195. The number of nitrogens with zero attached hydrogens (tertiary/aromatic N) is 1. The van der Waals surface area contributed by atoms with Crippen molar-refractivity contribution < 1.29 is 13.2 Å². The number of halogens is 3. The third-order valence-corrected chi connectivity index (χ3v) is 2.23. The number of hydrogen-bond acceptors (Lipinski definition) is 2. The van der Waals surface area contributed by atoms with Crippen molar-refractivity contribution in [3.8, 4) is 0 Å². The number of rotatable bonds is 2. The van der Waals surface area contributed by atoms with Crippen LogP contribution in [0.3, 0.4) is 0 Å². The van der Waals surface area contributed by atoms with Crippen LogP contribution in [0.15, 0.2) is 36.7 Å². The lowest BCUT2D eigenvalue weighted by molar-refractivity contribution is -0.136. The molecule has 2 rings (SSSR count). The molecule has 0 amide bonds. The van der Waals surface area contributed by atoms with E-state index in [2.05, 4.69) is 20.6 Å². The summed E-state index contributed by atoms with van der Waals surface area (Å²) in [6, 6.07) is 4.94. The maximum atomic E-state index is 12.7. The van der Waals surface area contributed by atoms with Crippen LogP contribution in [0.1, 0.15) is 5.56 Å². The lowest BCUT2D eigenvalue weighted by atomic mass is 10.1. The molecule has 0 aliphatic carbocycles. The summed E-state index contributed by atoms with van der Waals surface area (Å²) >= 11 is 0. The minimum Gasteiger partial charge on any atom is -0.331 e. The summed E-state index contributed by atoms with van der Waals surface area (Å²) in [5, 5.41) is 12.4. The van der Waals surface area contributed by atoms with Gasteiger partial charge in [0.05, 0.1) is 11.3 Å². The average molecular weight is 269 g/mol. The van der Waals surface area contributed by atoms with Gasteiger partial charge in [0.25, 0.3) is 0 Å². The smallest absolute Gasteiger partial charge is 0.331 e. The summed E-state index contributed by atoms with van der Waals surface area (Å²) in [6.45, 7) is 0. The minimum atomic E-state index is -4.48. The summed E-state index contributed by atoms with van der Waals surface area (Å²) in [7, 11) is 0. The molecule has 1 aromatic heterocycles. The van der Waals surface area contributed by atoms with E-state index in [0.29, 0.717) is 0 Å². The number of aromatic nitrogens is 2. The molecule has 0 aliphatic rings. The van der Waals surface area contributed by atoms with E-state index >= 15 is 0 Å². The molecule has 2 aromatic rings. The fourth-order valence-corrected chi connectivity index (χ4v) is 1.46. The first-order valence-corrected chi connectivity index (χ1v) is 5.25. The van der Waals surface area contributed by atoms with Gasteiger partial charge in [0.1, 0.15) is 0 Å². The van der Waals surface area contributed by atoms with Gasteiger partial charge in [-0.05, 0) is 12.1 Å². The molecule has 5 nitrogen and oxygen atoms in total. The van der Waals surface area contributed by atoms with Gasteiger partial charge < -0.3 is 10.3 Å². The first kappa shape index (κ1) is 12.9. The second kappa shape index (κ2) is 5.01. The second-order valence-corrected chi connectivity index (χ2v) is 3.61. The highest BCUT2D eigenvalue weighted by molar-refractivity contribution is 6.00. The maximum absolute atomic E-state index is 12.7. The molecule has 0 unspecified atom stereocenters. The lowest BCUT2D eigenvalue weighted by Crippen LogP contribution is -2.23. The van der Waals surface area contributed by atoms with Crippen molar-refractivity contribution in [1.29, 1.82) is 5.41 Å². The van der Waals surface area contributed by atoms with Crippen molar-refractivity contribution in [3.63, 3.8) is 0 Å². The molecular formula is C11H10F3N5. The normalized spacial score (nSPS) is 11.1. The van der Waals surface area contributed by atoms with Crippen molar-refractivity contribution in [2.45, 2.75) is 6.18 Å². The molecule has 4 N–H and O–H groups in total. The number of anilines is 2. The van der Waals surface area contributed by atoms with Gasteiger partial charge in [0.15, 0.2) is 5.96 Å². The largest absolute Gasteiger partial charge is 0.418 e. The average Bonchev–Trinajstić information content (AvgIpc) is 2.81. The molecule has 0 radical (unpaired) electrons. The SMILES string of the molecule is N=C(Nc1ncc[nH]1)Nc1ccccc1C(F)(F)F. The summed E-state index contributed by atoms with van der Waals surface area (Å²) in [5.41, 5.74) is -1.03. The van der Waals surface area contributed by atoms with Crippen LogP contribution in [0.25, 0.3) is 0 Å². The molecule has 0 fully saturated rings. The highest BCUT2D eigenvalue weighted by atomic mass is 19.4. The van der Waals surface area contributed by atoms with E-state index in [1.165, 1.54) is 30.6 Å². The molecular weight excluding hydrogens is 259 g/mol. The molecule has 19 heavy (non-hydrogen) atoms. The molecule has 0 atom stereocenters. The zero-order chi connectivity index (χ0) is 13.9. The number of guanidine groups is 1. The van der Waals surface area contributed by atoms with E-state index in [-0.39, 0.29) is 17.6 Å². The molecule has 1 aromatic carbocycles. The number of imidazole rings is 1. The van der Waals surface area contributed by atoms with Gasteiger partial charge in [-0.15, -0.1) is 0 Å². The lowest BCUT2D eigenvalue weighted by Gasteiger charge is -2.14. The molecule has 0 bridgehead atoms. The number of alkyl halides is 3. The number of benzene rings is 1. The predicted molar refractivity (Wildman–Crippen MR) is 65.0 cm³/mol. The Bertz CT molecular complexity index is 562. The van der Waals surface area contributed by atoms with E-state index in [4.69, 9.17) is 5.41 Å². The maximum Gasteiger partial charge on any atom is 0.418 e. The van der Waals surface area contributed by atoms with Gasteiger partial charge in [-0.1, -0.05) is 12.1 Å². The van der Waals surface area contributed by atoms with Crippen LogP contribution in [-0.2, 0) is 6.18 Å². The molecule has 8 heteroatoms. The van der Waals surface area contributed by atoms with Crippen LogP contribution in [0, 0.1) is 5.41 Å². The van der Waals surface area contributed by atoms with Gasteiger partial charge in [-0.3, -0.25) is 10.7 Å². The van der Waals surface area contributed by atoms with Crippen LogP contribution in [0.2, 0.25) is 0 Å². The number of nitrogens with one attached hydrogen (secondary N) is 4. The predicted octanol–water partition coefficient (Wildman–Crippen LogP) is 2.89. The van der Waals surface area contributed by atoms with Gasteiger partial charge in [0, 0.05) is 12.4 Å². The Morgan fingerprint density at radius 1 is 1.21 bits per heavy atom. The van der Waals surface area contributed by atoms with Crippen molar-refractivity contribution in [2.24, 2.45) is 0 Å². The quantitative estimate of drug-likeness (QED) is 0.500. The van der Waals surface area contributed by atoms with Crippen LogP contribution in [-0.4, -0.2) is 15.9 Å². The first-order valence-electron chi connectivity index (χ1n) is 5.25. The number of H-pyrrole nitrogens is 1. The molecule has 0 saturated heterocycles. The van der Waals surface area contributed by atoms with E-state index < -0.39 is 11.7 Å². The third-order valence-electron chi connectivity index (χ3n) is 2.23. The monoisotopic (exact) mass is 269 g/mol. The summed E-state index contributed by atoms with van der Waals surface area (Å²) in [4.78, 5) is 6.47. The Labute approximate surface area is 106 Å². The zero-order valence-corrected chi connectivity index (χ0v) is 9.55. The van der Waals surface area contributed by atoms with Crippen molar-refractivity contribution in [3.05, 3.63) is 42.2 Å². The standard InChI is InChI=1S/C11H10F3N5/c12-11(13,14)7-3-1-2-4-8(7)18-9(15)19-10-16-5-6-17-10/h1-6H,(H4,15,16,17,18,19). The van der Waals surface area contributed by atoms with Crippen LogP contribution < -0.4 is 10.6 Å². The van der Waals surface area contributed by atoms with Crippen LogP contribution in [0.4, 0.5) is 24.8 Å². The Balaban J connectivity index is 2.13. The van der Waals surface area contributed by atoms with Crippen molar-refractivity contribution >= 4 is 17.6 Å². The van der Waals surface area contributed by atoms with E-state index in [1.54, 1.807) is 0 Å². The zero-order valence-electron chi connectivity index (χ0n) is 9.55. The summed E-state index contributed by atoms with van der Waals surface area (Å²) in [5.74, 6) is -0.0476. The Morgan fingerprint density at radius 2 is 1.95 bits per heavy atom. The van der Waals surface area contributed by atoms with Crippen LogP contribution >= 0.6 is 0 Å². The number of para-hydroxylation sites is 1. The van der Waals surface area contributed by atoms with Crippen molar-refractivity contribution in [2.75, 3.05) is 10.6 Å². The molecule has 0 saturated carbocycles. The highest BCUT2D eigenvalue weighted by Crippen LogP contribution is 2.34. The summed E-state index contributed by atoms with van der Waals surface area (Å²) < 4.78 is 38.2. The molecule has 1 heterocycles. The summed E-state index contributed by atoms with van der Waals surface area (Å²) in [6.07, 6.45) is -1.49. The third kappa shape index (κ3) is 3.24. The molecule has 0 aliphatic heterocycles. The molecule has 100 valence electrons. The van der Waals surface area contributed by atoms with Gasteiger partial charge in [-0.25, -0.2) is 4.98 Å². The number of hydrogen-bond donors (Lipinski definition) is 4. The Kier molecular flexibility index (Phi) is 3.41. The Morgan fingerprint density at radius 3 is 2.58 bits per heavy atom. The second-order valence-electron chi connectivity index (χ2n) is 3.61. The number of aromatic amines is 1. The van der Waals surface area contributed by atoms with E-state index in [9.17, 15) is 13.2 Å². The first-order chi connectivity index (χ1) is 8.97. The highest BCUT2D eigenvalue weighted by Gasteiger charge is 2.33. The fourth-order valence-electron chi connectivity index (χ4n) is 1.46. The van der Waals surface area contributed by atoms with E-state index in [1.807, 2.05) is 0 Å². The topological polar surface area (TPSA) is 76.6 Å².